The molecule has 1 fully saturated rings. The average molecular weight is 467 g/mol. The highest BCUT2D eigenvalue weighted by Crippen LogP contribution is 2.48. The lowest BCUT2D eigenvalue weighted by atomic mass is 9.94. The quantitative estimate of drug-likeness (QED) is 0.435. The van der Waals surface area contributed by atoms with Crippen LogP contribution >= 0.6 is 0 Å². The van der Waals surface area contributed by atoms with Crippen LogP contribution in [0.25, 0.3) is 11.2 Å². The number of fused-ring (bicyclic) bond motifs is 1. The first-order valence-corrected chi connectivity index (χ1v) is 11.5. The van der Waals surface area contributed by atoms with Crippen molar-refractivity contribution in [2.45, 2.75) is 24.3 Å². The van der Waals surface area contributed by atoms with E-state index in [0.717, 1.165) is 18.4 Å². The van der Waals surface area contributed by atoms with Crippen LogP contribution in [0.2, 0.25) is 0 Å². The maximum atomic E-state index is 13.4. The van der Waals surface area contributed by atoms with E-state index in [-0.39, 0.29) is 17.0 Å². The van der Waals surface area contributed by atoms with Gasteiger partial charge >= 0.3 is 5.69 Å². The fraction of sp³-hybridized carbons (Fsp3) is 0.259. The van der Waals surface area contributed by atoms with Crippen molar-refractivity contribution in [1.82, 2.24) is 19.4 Å². The molecular weight excluding hydrogens is 440 g/mol. The van der Waals surface area contributed by atoms with Crippen molar-refractivity contribution in [1.29, 1.82) is 5.26 Å². The van der Waals surface area contributed by atoms with Crippen molar-refractivity contribution in [3.63, 3.8) is 0 Å². The lowest BCUT2D eigenvalue weighted by Gasteiger charge is -2.23. The number of anilines is 1. The van der Waals surface area contributed by atoms with Gasteiger partial charge in [-0.3, -0.25) is 13.9 Å². The minimum absolute atomic E-state index is 0.0409. The Morgan fingerprint density at radius 2 is 1.77 bits per heavy atom. The third-order valence-corrected chi connectivity index (χ3v) is 6.88. The third kappa shape index (κ3) is 4.22. The summed E-state index contributed by atoms with van der Waals surface area (Å²) in [4.78, 5) is 30.2. The molecule has 2 heterocycles. The number of amides is 1. The molecule has 1 aliphatic carbocycles. The van der Waals surface area contributed by atoms with Gasteiger partial charge in [0.05, 0.1) is 17.1 Å². The molecule has 1 atom stereocenters. The molecule has 35 heavy (non-hydrogen) atoms. The zero-order chi connectivity index (χ0) is 24.6. The molecule has 2 aromatic heterocycles. The second kappa shape index (κ2) is 8.85. The van der Waals surface area contributed by atoms with Crippen LogP contribution in [-0.2, 0) is 24.3 Å². The summed E-state index contributed by atoms with van der Waals surface area (Å²) in [5.74, 6) is 0.166. The van der Waals surface area contributed by atoms with Crippen LogP contribution in [0, 0.1) is 11.3 Å². The molecule has 2 aromatic carbocycles. The molecule has 1 saturated carbocycles. The number of nitrogens with zero attached hydrogens (tertiary/aromatic N) is 4. The minimum atomic E-state index is -0.579. The van der Waals surface area contributed by atoms with Gasteiger partial charge in [-0.25, -0.2) is 9.78 Å². The monoisotopic (exact) mass is 466 g/mol. The van der Waals surface area contributed by atoms with Gasteiger partial charge in [-0.05, 0) is 48.2 Å². The van der Waals surface area contributed by atoms with Crippen LogP contribution in [0.5, 0.6) is 0 Å². The topological polar surface area (TPSA) is 105 Å². The number of aryl methyl sites for hydroxylation is 2. The summed E-state index contributed by atoms with van der Waals surface area (Å²) in [7, 11) is 3.36. The minimum Gasteiger partial charge on any atom is -0.309 e. The summed E-state index contributed by atoms with van der Waals surface area (Å²) in [6.45, 7) is 0.630. The lowest BCUT2D eigenvalue weighted by Crippen LogP contribution is -2.37. The first-order chi connectivity index (χ1) is 16.9. The Morgan fingerprint density at radius 1 is 1.06 bits per heavy atom. The van der Waals surface area contributed by atoms with Gasteiger partial charge in [0, 0.05) is 26.1 Å². The van der Waals surface area contributed by atoms with Crippen LogP contribution in [-0.4, -0.2) is 26.6 Å². The largest absolute Gasteiger partial charge is 0.329 e. The van der Waals surface area contributed by atoms with Crippen LogP contribution in [0.15, 0.2) is 71.5 Å². The van der Waals surface area contributed by atoms with E-state index in [0.29, 0.717) is 29.1 Å². The van der Waals surface area contributed by atoms with Crippen LogP contribution in [0.1, 0.15) is 35.6 Å². The Hall–Kier alpha value is -4.22. The smallest absolute Gasteiger partial charge is 0.309 e. The molecule has 8 heteroatoms. The Morgan fingerprint density at radius 3 is 2.43 bits per heavy atom. The molecule has 4 aromatic rings. The Labute approximate surface area is 202 Å². The summed E-state index contributed by atoms with van der Waals surface area (Å²) in [5.41, 5.74) is 3.67. The highest BCUT2D eigenvalue weighted by molar-refractivity contribution is 5.95. The van der Waals surface area contributed by atoms with Gasteiger partial charge in [-0.15, -0.1) is 0 Å². The van der Waals surface area contributed by atoms with E-state index in [9.17, 15) is 9.59 Å². The van der Waals surface area contributed by atoms with Crippen LogP contribution in [0.4, 0.5) is 5.82 Å². The summed E-state index contributed by atoms with van der Waals surface area (Å²) in [6.07, 6.45) is 2.05. The molecule has 2 N–H and O–H groups in total. The number of carbonyl (C=O) groups excluding carboxylic acids is 1. The van der Waals surface area contributed by atoms with Gasteiger partial charge < -0.3 is 10.6 Å². The van der Waals surface area contributed by atoms with E-state index in [4.69, 9.17) is 5.26 Å². The van der Waals surface area contributed by atoms with E-state index in [1.807, 2.05) is 54.6 Å². The average Bonchev–Trinajstić information content (AvgIpc) is 3.65. The standard InChI is InChI=1S/C27H26N6O2/c1-32-21-12-13-22(30-24(21)33(2)26(32)35)31-25(34)23(19-6-4-3-5-7-19)29-17-27(14-15-27)20-10-8-18(16-28)9-11-20/h3-13,23,29H,14-15,17H2,1-2H3,(H,30,31,34). The predicted octanol–water partition coefficient (Wildman–Crippen LogP) is 3.14. The van der Waals surface area contributed by atoms with Gasteiger partial charge in [0.2, 0.25) is 5.91 Å². The van der Waals surface area contributed by atoms with Crippen molar-refractivity contribution < 1.29 is 4.79 Å². The predicted molar refractivity (Wildman–Crippen MR) is 134 cm³/mol. The molecular formula is C27H26N6O2. The number of hydrogen-bond acceptors (Lipinski definition) is 5. The zero-order valence-corrected chi connectivity index (χ0v) is 19.7. The van der Waals surface area contributed by atoms with Gasteiger partial charge in [0.15, 0.2) is 5.65 Å². The molecule has 0 saturated heterocycles. The fourth-order valence-electron chi connectivity index (χ4n) is 4.56. The molecule has 0 aliphatic heterocycles. The molecule has 5 rings (SSSR count). The number of nitriles is 1. The number of rotatable bonds is 7. The van der Waals surface area contributed by atoms with Crippen molar-refractivity contribution in [2.75, 3.05) is 11.9 Å². The summed E-state index contributed by atoms with van der Waals surface area (Å²) < 4.78 is 2.99. The Balaban J connectivity index is 1.38. The fourth-order valence-corrected chi connectivity index (χ4v) is 4.56. The first-order valence-electron chi connectivity index (χ1n) is 11.5. The van der Waals surface area contributed by atoms with Crippen LogP contribution in [0.3, 0.4) is 0 Å². The summed E-state index contributed by atoms with van der Waals surface area (Å²) in [6, 6.07) is 22.4. The van der Waals surface area contributed by atoms with Gasteiger partial charge in [-0.2, -0.15) is 5.26 Å². The molecule has 1 aliphatic rings. The summed E-state index contributed by atoms with van der Waals surface area (Å²) in [5, 5.41) is 15.5. The number of nitrogens with one attached hydrogen (secondary N) is 2. The number of carbonyl (C=O) groups is 1. The van der Waals surface area contributed by atoms with Crippen LogP contribution < -0.4 is 16.3 Å². The van der Waals surface area contributed by atoms with Crippen molar-refractivity contribution in [2.24, 2.45) is 14.1 Å². The Kier molecular flexibility index (Phi) is 5.71. The first kappa shape index (κ1) is 22.6. The maximum Gasteiger partial charge on any atom is 0.329 e. The second-order valence-electron chi connectivity index (χ2n) is 9.12. The lowest BCUT2D eigenvalue weighted by molar-refractivity contribution is -0.118. The van der Waals surface area contributed by atoms with Gasteiger partial charge in [0.25, 0.3) is 0 Å². The summed E-state index contributed by atoms with van der Waals surface area (Å²) >= 11 is 0. The molecule has 8 nitrogen and oxygen atoms in total. The molecule has 0 spiro atoms. The van der Waals surface area contributed by atoms with E-state index in [2.05, 4.69) is 21.7 Å². The Bertz CT molecular complexity index is 1490. The maximum absolute atomic E-state index is 13.4. The molecule has 1 unspecified atom stereocenters. The van der Waals surface area contributed by atoms with Crippen molar-refractivity contribution >= 4 is 22.9 Å². The zero-order valence-electron chi connectivity index (χ0n) is 19.7. The van der Waals surface area contributed by atoms with E-state index in [1.165, 1.54) is 14.7 Å². The van der Waals surface area contributed by atoms with E-state index >= 15 is 0 Å². The highest BCUT2D eigenvalue weighted by Gasteiger charge is 2.44. The van der Waals surface area contributed by atoms with E-state index in [1.54, 1.807) is 26.2 Å². The third-order valence-electron chi connectivity index (χ3n) is 6.88. The normalized spacial score (nSPS) is 14.9. The van der Waals surface area contributed by atoms with E-state index < -0.39 is 6.04 Å². The molecule has 0 radical (unpaired) electrons. The molecule has 1 amide bonds. The number of hydrogen-bond donors (Lipinski definition) is 2. The second-order valence-corrected chi connectivity index (χ2v) is 9.12. The number of benzene rings is 2. The van der Waals surface area contributed by atoms with Gasteiger partial charge in [-0.1, -0.05) is 42.5 Å². The molecule has 0 bridgehead atoms. The highest BCUT2D eigenvalue weighted by atomic mass is 16.2. The number of pyridine rings is 1. The number of imidazole rings is 1. The van der Waals surface area contributed by atoms with Crippen molar-refractivity contribution in [3.05, 3.63) is 93.9 Å². The van der Waals surface area contributed by atoms with Crippen molar-refractivity contribution in [3.8, 4) is 6.07 Å². The molecule has 176 valence electrons. The van der Waals surface area contributed by atoms with Gasteiger partial charge in [0.1, 0.15) is 11.9 Å². The SMILES string of the molecule is Cn1c(=O)n(C)c2nc(NC(=O)C(NCC3(c4ccc(C#N)cc4)CC3)c3ccccc3)ccc21. The number of aromatic nitrogens is 3.